The van der Waals surface area contributed by atoms with Crippen LogP contribution >= 0.6 is 0 Å². The van der Waals surface area contributed by atoms with Gasteiger partial charge in [0.25, 0.3) is 0 Å². The van der Waals surface area contributed by atoms with Gasteiger partial charge in [-0.1, -0.05) is 30.5 Å². The van der Waals surface area contributed by atoms with Crippen molar-refractivity contribution in [2.24, 2.45) is 23.5 Å². The van der Waals surface area contributed by atoms with Crippen molar-refractivity contribution in [3.05, 3.63) is 34.4 Å². The van der Waals surface area contributed by atoms with Crippen molar-refractivity contribution in [2.45, 2.75) is 52.5 Å². The molecule has 1 heteroatoms. The number of hydrogen-bond acceptors (Lipinski definition) is 1. The summed E-state index contributed by atoms with van der Waals surface area (Å²) in [5.41, 5.74) is 12.2. The third-order valence-electron chi connectivity index (χ3n) is 5.21. The number of aryl methyl sites for hydroxylation is 3. The highest BCUT2D eigenvalue weighted by Crippen LogP contribution is 2.60. The molecule has 3 atom stereocenters. The van der Waals surface area contributed by atoms with E-state index in [2.05, 4.69) is 32.9 Å². The summed E-state index contributed by atoms with van der Waals surface area (Å²) in [5.74, 6) is 2.65. The van der Waals surface area contributed by atoms with E-state index in [0.717, 1.165) is 17.8 Å². The summed E-state index contributed by atoms with van der Waals surface area (Å²) in [7, 11) is 0. The van der Waals surface area contributed by atoms with E-state index in [-0.39, 0.29) is 6.04 Å². The van der Waals surface area contributed by atoms with Crippen molar-refractivity contribution >= 4 is 0 Å². The Morgan fingerprint density at radius 3 is 2.00 bits per heavy atom. The Kier molecular flexibility index (Phi) is 2.97. The van der Waals surface area contributed by atoms with E-state index < -0.39 is 0 Å². The molecule has 1 nitrogen and oxygen atoms in total. The van der Waals surface area contributed by atoms with Crippen LogP contribution in [0.2, 0.25) is 0 Å². The second-order valence-electron chi connectivity index (χ2n) is 6.53. The van der Waals surface area contributed by atoms with Crippen molar-refractivity contribution in [2.75, 3.05) is 0 Å². The minimum atomic E-state index is 0.277. The summed E-state index contributed by atoms with van der Waals surface area (Å²) in [5, 5.41) is 0. The molecule has 98 valence electrons. The number of fused-ring (bicyclic) bond motifs is 1. The first kappa shape index (κ1) is 12.2. The van der Waals surface area contributed by atoms with Crippen molar-refractivity contribution in [3.8, 4) is 0 Å². The molecule has 0 aromatic heterocycles. The molecule has 1 aromatic rings. The highest BCUT2D eigenvalue weighted by Gasteiger charge is 2.53. The van der Waals surface area contributed by atoms with Gasteiger partial charge in [-0.25, -0.2) is 0 Å². The highest BCUT2D eigenvalue weighted by atomic mass is 14.7. The fourth-order valence-corrected chi connectivity index (χ4v) is 4.49. The average molecular weight is 243 g/mol. The third kappa shape index (κ3) is 1.89. The Hall–Kier alpha value is -0.820. The molecule has 2 N–H and O–H groups in total. The molecule has 0 radical (unpaired) electrons. The Balaban J connectivity index is 1.87. The van der Waals surface area contributed by atoms with Crippen molar-refractivity contribution < 1.29 is 0 Å². The lowest BCUT2D eigenvalue weighted by atomic mass is 9.91. The average Bonchev–Trinajstić information content (AvgIpc) is 3.01. The van der Waals surface area contributed by atoms with Crippen molar-refractivity contribution in [1.29, 1.82) is 0 Å². The second kappa shape index (κ2) is 4.38. The number of hydrogen-bond donors (Lipinski definition) is 1. The van der Waals surface area contributed by atoms with Gasteiger partial charge in [0.2, 0.25) is 0 Å². The second-order valence-corrected chi connectivity index (χ2v) is 6.53. The molecular formula is C17H25N. The Morgan fingerprint density at radius 2 is 1.50 bits per heavy atom. The normalized spacial score (nSPS) is 31.9. The van der Waals surface area contributed by atoms with Gasteiger partial charge in [0.15, 0.2) is 0 Å². The van der Waals surface area contributed by atoms with Crippen LogP contribution in [0, 0.1) is 38.5 Å². The maximum Gasteiger partial charge on any atom is 0.0334 e. The molecular weight excluding hydrogens is 218 g/mol. The van der Waals surface area contributed by atoms with Gasteiger partial charge in [0, 0.05) is 6.04 Å². The maximum atomic E-state index is 6.61. The Bertz CT molecular complexity index is 428. The molecule has 0 saturated heterocycles. The van der Waals surface area contributed by atoms with Crippen LogP contribution in [0.25, 0.3) is 0 Å². The number of rotatable bonds is 2. The number of nitrogens with two attached hydrogens (primary N) is 1. The predicted octanol–water partition coefficient (Wildman–Crippen LogP) is 4.05. The zero-order valence-corrected chi connectivity index (χ0v) is 11.9. The molecule has 3 unspecified atom stereocenters. The molecule has 18 heavy (non-hydrogen) atoms. The zero-order valence-electron chi connectivity index (χ0n) is 11.9. The van der Waals surface area contributed by atoms with E-state index in [1.54, 1.807) is 0 Å². The predicted molar refractivity (Wildman–Crippen MR) is 76.5 cm³/mol. The molecule has 0 heterocycles. The van der Waals surface area contributed by atoms with E-state index in [1.807, 2.05) is 0 Å². The summed E-state index contributed by atoms with van der Waals surface area (Å²) in [4.78, 5) is 0. The van der Waals surface area contributed by atoms with Gasteiger partial charge in [-0.2, -0.15) is 0 Å². The van der Waals surface area contributed by atoms with Crippen molar-refractivity contribution in [1.82, 2.24) is 0 Å². The van der Waals surface area contributed by atoms with E-state index >= 15 is 0 Å². The van der Waals surface area contributed by atoms with E-state index in [9.17, 15) is 0 Å². The summed E-state index contributed by atoms with van der Waals surface area (Å²) in [6.07, 6.45) is 5.70. The Labute approximate surface area is 111 Å². The Morgan fingerprint density at radius 1 is 1.00 bits per heavy atom. The monoisotopic (exact) mass is 243 g/mol. The van der Waals surface area contributed by atoms with E-state index in [1.165, 1.54) is 47.9 Å². The van der Waals surface area contributed by atoms with E-state index in [4.69, 9.17) is 5.73 Å². The van der Waals surface area contributed by atoms with Crippen LogP contribution in [-0.4, -0.2) is 0 Å². The van der Waals surface area contributed by atoms with Crippen LogP contribution in [0.15, 0.2) is 12.1 Å². The molecule has 0 bridgehead atoms. The van der Waals surface area contributed by atoms with Crippen LogP contribution < -0.4 is 5.73 Å². The van der Waals surface area contributed by atoms with Crippen LogP contribution in [0.3, 0.4) is 0 Å². The lowest BCUT2D eigenvalue weighted by molar-refractivity contribution is 0.480. The van der Waals surface area contributed by atoms with Gasteiger partial charge in [-0.05, 0) is 68.1 Å². The molecule has 3 rings (SSSR count). The first-order chi connectivity index (χ1) is 8.59. The molecule has 2 aliphatic carbocycles. The van der Waals surface area contributed by atoms with Crippen LogP contribution in [0.4, 0.5) is 0 Å². The van der Waals surface area contributed by atoms with E-state index in [0.29, 0.717) is 0 Å². The first-order valence-electron chi connectivity index (χ1n) is 7.43. The van der Waals surface area contributed by atoms with Crippen LogP contribution in [-0.2, 0) is 0 Å². The lowest BCUT2D eigenvalue weighted by Crippen LogP contribution is -2.17. The van der Waals surface area contributed by atoms with Gasteiger partial charge < -0.3 is 5.73 Å². The standard InChI is InChI=1S/C17H25N/c1-10-8-11(2)15(12(3)9-10)17(18)16-13-6-4-5-7-14(13)16/h8-9,13-14,16-17H,4-7,18H2,1-3H3. The molecule has 2 aliphatic rings. The molecule has 0 aliphatic heterocycles. The molecule has 1 aromatic carbocycles. The van der Waals surface area contributed by atoms with Gasteiger partial charge in [-0.15, -0.1) is 0 Å². The van der Waals surface area contributed by atoms with Crippen molar-refractivity contribution in [3.63, 3.8) is 0 Å². The third-order valence-corrected chi connectivity index (χ3v) is 5.21. The topological polar surface area (TPSA) is 26.0 Å². The molecule has 0 spiro atoms. The zero-order chi connectivity index (χ0) is 12.9. The molecule has 2 fully saturated rings. The summed E-state index contributed by atoms with van der Waals surface area (Å²) in [6, 6.07) is 4.85. The minimum Gasteiger partial charge on any atom is -0.324 e. The highest BCUT2D eigenvalue weighted by molar-refractivity contribution is 5.40. The smallest absolute Gasteiger partial charge is 0.0334 e. The lowest BCUT2D eigenvalue weighted by Gasteiger charge is -2.19. The van der Waals surface area contributed by atoms with Gasteiger partial charge in [-0.3, -0.25) is 0 Å². The van der Waals surface area contributed by atoms with Gasteiger partial charge >= 0.3 is 0 Å². The SMILES string of the molecule is Cc1cc(C)c(C(N)C2C3CCCCC32)c(C)c1. The fourth-order valence-electron chi connectivity index (χ4n) is 4.49. The summed E-state index contributed by atoms with van der Waals surface area (Å²) < 4.78 is 0. The molecule has 0 amide bonds. The number of benzene rings is 1. The van der Waals surface area contributed by atoms with Crippen LogP contribution in [0.5, 0.6) is 0 Å². The summed E-state index contributed by atoms with van der Waals surface area (Å²) in [6.45, 7) is 6.62. The largest absolute Gasteiger partial charge is 0.324 e. The molecule has 2 saturated carbocycles. The van der Waals surface area contributed by atoms with Gasteiger partial charge in [0.05, 0.1) is 0 Å². The minimum absolute atomic E-state index is 0.277. The fraction of sp³-hybridized carbons (Fsp3) is 0.647. The first-order valence-corrected chi connectivity index (χ1v) is 7.43. The van der Waals surface area contributed by atoms with Crippen LogP contribution in [0.1, 0.15) is 54.0 Å². The van der Waals surface area contributed by atoms with Gasteiger partial charge in [0.1, 0.15) is 0 Å². The maximum absolute atomic E-state index is 6.61. The quantitative estimate of drug-likeness (QED) is 0.833. The summed E-state index contributed by atoms with van der Waals surface area (Å²) >= 11 is 0.